The van der Waals surface area contributed by atoms with E-state index in [2.05, 4.69) is 9.97 Å². The summed E-state index contributed by atoms with van der Waals surface area (Å²) in [6, 6.07) is 9.19. The zero-order valence-electron chi connectivity index (χ0n) is 10.1. The minimum Gasteiger partial charge on any atom is -0.309 e. The minimum atomic E-state index is -0.397. The van der Waals surface area contributed by atoms with Crippen molar-refractivity contribution in [2.45, 2.75) is 11.4 Å². The van der Waals surface area contributed by atoms with Crippen molar-refractivity contribution >= 4 is 23.4 Å². The van der Waals surface area contributed by atoms with Crippen LogP contribution in [0.3, 0.4) is 0 Å². The van der Waals surface area contributed by atoms with E-state index in [0.717, 1.165) is 5.56 Å². The third-order valence-corrected chi connectivity index (χ3v) is 3.46. The van der Waals surface area contributed by atoms with Gasteiger partial charge in [0.2, 0.25) is 0 Å². The minimum absolute atomic E-state index is 0.0624. The van der Waals surface area contributed by atoms with Crippen LogP contribution in [0.1, 0.15) is 17.0 Å². The first kappa shape index (κ1) is 13.7. The fourth-order valence-electron chi connectivity index (χ4n) is 1.62. The second kappa shape index (κ2) is 5.91. The van der Waals surface area contributed by atoms with Crippen molar-refractivity contribution in [3.05, 3.63) is 56.6 Å². The van der Waals surface area contributed by atoms with Crippen LogP contribution in [0.25, 0.3) is 0 Å². The number of nitrogens with zero attached hydrogens (tertiary/aromatic N) is 2. The molecule has 0 saturated carbocycles. The number of halogens is 1. The number of benzene rings is 1. The lowest BCUT2D eigenvalue weighted by Crippen LogP contribution is -2.16. The summed E-state index contributed by atoms with van der Waals surface area (Å²) in [5, 5.41) is 10.0. The van der Waals surface area contributed by atoms with Crippen molar-refractivity contribution in [1.82, 2.24) is 9.97 Å². The summed E-state index contributed by atoms with van der Waals surface area (Å²) < 4.78 is 0. The van der Waals surface area contributed by atoms with Crippen LogP contribution < -0.4 is 5.56 Å². The predicted octanol–water partition coefficient (Wildman–Crippen LogP) is 2.61. The van der Waals surface area contributed by atoms with Crippen LogP contribution in [-0.2, 0) is 6.42 Å². The van der Waals surface area contributed by atoms with Crippen molar-refractivity contribution in [1.29, 1.82) is 5.26 Å². The van der Waals surface area contributed by atoms with Crippen LogP contribution in [0.5, 0.6) is 0 Å². The normalized spacial score (nSPS) is 10.2. The Bertz CT molecular complexity index is 689. The highest BCUT2D eigenvalue weighted by Crippen LogP contribution is 2.16. The summed E-state index contributed by atoms with van der Waals surface area (Å²) in [5.41, 5.74) is 0.655. The van der Waals surface area contributed by atoms with E-state index in [9.17, 15) is 4.79 Å². The molecule has 0 unspecified atom stereocenters. The quantitative estimate of drug-likeness (QED) is 0.697. The largest absolute Gasteiger partial charge is 0.309 e. The molecule has 0 bridgehead atoms. The molecule has 2 aromatic rings. The van der Waals surface area contributed by atoms with Gasteiger partial charge in [-0.1, -0.05) is 23.7 Å². The summed E-state index contributed by atoms with van der Waals surface area (Å²) in [6.07, 6.45) is 2.28. The van der Waals surface area contributed by atoms with Gasteiger partial charge in [0, 0.05) is 11.4 Å². The van der Waals surface area contributed by atoms with Gasteiger partial charge >= 0.3 is 0 Å². The Kier molecular flexibility index (Phi) is 4.25. The van der Waals surface area contributed by atoms with Gasteiger partial charge in [-0.15, -0.1) is 11.8 Å². The Hall–Kier alpha value is -1.77. The van der Waals surface area contributed by atoms with E-state index in [0.29, 0.717) is 22.3 Å². The zero-order chi connectivity index (χ0) is 13.8. The predicted molar refractivity (Wildman–Crippen MR) is 75.6 cm³/mol. The summed E-state index contributed by atoms with van der Waals surface area (Å²) in [6.45, 7) is 0. The Labute approximate surface area is 119 Å². The summed E-state index contributed by atoms with van der Waals surface area (Å²) in [4.78, 5) is 18.7. The van der Waals surface area contributed by atoms with Crippen LogP contribution in [0.4, 0.5) is 0 Å². The monoisotopic (exact) mass is 291 g/mol. The van der Waals surface area contributed by atoms with Gasteiger partial charge in [-0.3, -0.25) is 4.79 Å². The van der Waals surface area contributed by atoms with Gasteiger partial charge in [-0.25, -0.2) is 4.98 Å². The van der Waals surface area contributed by atoms with Crippen LogP contribution in [0.15, 0.2) is 34.1 Å². The molecule has 0 amide bonds. The van der Waals surface area contributed by atoms with Gasteiger partial charge in [-0.05, 0) is 24.0 Å². The maximum atomic E-state index is 11.7. The number of nitrogens with one attached hydrogen (secondary N) is 1. The average Bonchev–Trinajstić information content (AvgIpc) is 2.40. The van der Waals surface area contributed by atoms with Crippen molar-refractivity contribution in [3.8, 4) is 6.07 Å². The van der Waals surface area contributed by atoms with E-state index in [1.165, 1.54) is 11.8 Å². The third kappa shape index (κ3) is 3.16. The number of hydrogen-bond donors (Lipinski definition) is 1. The van der Waals surface area contributed by atoms with Crippen molar-refractivity contribution in [3.63, 3.8) is 0 Å². The molecule has 1 heterocycles. The van der Waals surface area contributed by atoms with Crippen molar-refractivity contribution < 1.29 is 0 Å². The molecule has 0 aliphatic carbocycles. The second-order valence-corrected chi connectivity index (χ2v) is 5.04. The second-order valence-electron chi connectivity index (χ2n) is 3.81. The van der Waals surface area contributed by atoms with Crippen LogP contribution in [0, 0.1) is 11.3 Å². The molecular weight excluding hydrogens is 282 g/mol. The number of aromatic amines is 1. The van der Waals surface area contributed by atoms with Crippen molar-refractivity contribution in [2.24, 2.45) is 0 Å². The molecule has 0 fully saturated rings. The molecule has 0 spiro atoms. The maximum absolute atomic E-state index is 11.7. The molecule has 1 N–H and O–H groups in total. The average molecular weight is 292 g/mol. The van der Waals surface area contributed by atoms with E-state index >= 15 is 0 Å². The molecule has 4 nitrogen and oxygen atoms in total. The molecule has 19 heavy (non-hydrogen) atoms. The smallest absolute Gasteiger partial charge is 0.270 e. The molecule has 96 valence electrons. The van der Waals surface area contributed by atoms with Gasteiger partial charge in [0.25, 0.3) is 5.56 Å². The number of H-pyrrole nitrogens is 1. The molecule has 1 aromatic carbocycles. The number of aromatic nitrogens is 2. The van der Waals surface area contributed by atoms with Gasteiger partial charge in [-0.2, -0.15) is 5.26 Å². The highest BCUT2D eigenvalue weighted by Gasteiger charge is 2.10. The first-order chi connectivity index (χ1) is 9.13. The first-order valence-corrected chi connectivity index (χ1v) is 7.06. The molecule has 0 saturated heterocycles. The molecule has 0 aliphatic heterocycles. The number of nitriles is 1. The fourth-order valence-corrected chi connectivity index (χ4v) is 2.29. The van der Waals surface area contributed by atoms with E-state index < -0.39 is 5.56 Å². The van der Waals surface area contributed by atoms with Crippen LogP contribution in [-0.4, -0.2) is 16.2 Å². The lowest BCUT2D eigenvalue weighted by atomic mass is 10.1. The van der Waals surface area contributed by atoms with Gasteiger partial charge in [0.1, 0.15) is 22.5 Å². The van der Waals surface area contributed by atoms with Gasteiger partial charge in [0.05, 0.1) is 0 Å². The molecule has 0 aliphatic rings. The lowest BCUT2D eigenvalue weighted by molar-refractivity contribution is 0.881. The van der Waals surface area contributed by atoms with E-state index in [4.69, 9.17) is 16.9 Å². The highest BCUT2D eigenvalue weighted by atomic mass is 35.5. The lowest BCUT2D eigenvalue weighted by Gasteiger charge is -2.04. The maximum Gasteiger partial charge on any atom is 0.270 e. The molecule has 6 heteroatoms. The van der Waals surface area contributed by atoms with Gasteiger partial charge < -0.3 is 4.98 Å². The Morgan fingerprint density at radius 3 is 2.68 bits per heavy atom. The zero-order valence-corrected chi connectivity index (χ0v) is 11.7. The topological polar surface area (TPSA) is 69.5 Å². The number of hydrogen-bond acceptors (Lipinski definition) is 4. The standard InChI is InChI=1S/C13H10ClN3OS/c1-19-13-10(7-15)12(18)16-11(17-13)6-8-2-4-9(14)5-3-8/h2-5H,6H2,1H3,(H,16,17,18). The first-order valence-electron chi connectivity index (χ1n) is 5.45. The molecular formula is C13H10ClN3OS. The number of thioether (sulfide) groups is 1. The molecule has 0 radical (unpaired) electrons. The van der Waals surface area contributed by atoms with E-state index in [-0.39, 0.29) is 5.56 Å². The van der Waals surface area contributed by atoms with E-state index in [1.807, 2.05) is 18.2 Å². The van der Waals surface area contributed by atoms with Crippen LogP contribution in [0.2, 0.25) is 5.02 Å². The third-order valence-electron chi connectivity index (χ3n) is 2.53. The molecule has 2 rings (SSSR count). The fraction of sp³-hybridized carbons (Fsp3) is 0.154. The Morgan fingerprint density at radius 1 is 1.42 bits per heavy atom. The SMILES string of the molecule is CSc1nc(Cc2ccc(Cl)cc2)[nH]c(=O)c1C#N. The highest BCUT2D eigenvalue weighted by molar-refractivity contribution is 7.98. The van der Waals surface area contributed by atoms with Gasteiger partial charge in [0.15, 0.2) is 0 Å². The van der Waals surface area contributed by atoms with Crippen LogP contribution >= 0.6 is 23.4 Å². The summed E-state index contributed by atoms with van der Waals surface area (Å²) >= 11 is 7.10. The summed E-state index contributed by atoms with van der Waals surface area (Å²) in [5.74, 6) is 0.538. The number of rotatable bonds is 3. The van der Waals surface area contributed by atoms with Crippen molar-refractivity contribution in [2.75, 3.05) is 6.26 Å². The summed E-state index contributed by atoms with van der Waals surface area (Å²) in [7, 11) is 0. The van der Waals surface area contributed by atoms with E-state index in [1.54, 1.807) is 18.4 Å². The molecule has 0 atom stereocenters. The molecule has 1 aromatic heterocycles. The Balaban J connectivity index is 2.37. The Morgan fingerprint density at radius 2 is 2.11 bits per heavy atom.